The third-order valence-electron chi connectivity index (χ3n) is 1.43. The van der Waals surface area contributed by atoms with Gasteiger partial charge in [0, 0.05) is 0 Å². The standard InChI is InChI=1S/C8H8F3N3O/c9-8(10,11)3-7(15)14-5-1-2-6(12)13-4-5/h1-2,4H,3H2,(H2,12,13)(H,14,15). The maximum absolute atomic E-state index is 11.8. The van der Waals surface area contributed by atoms with Crippen molar-refractivity contribution in [3.8, 4) is 0 Å². The van der Waals surface area contributed by atoms with Crippen molar-refractivity contribution in [1.29, 1.82) is 0 Å². The lowest BCUT2D eigenvalue weighted by Gasteiger charge is -2.07. The van der Waals surface area contributed by atoms with E-state index in [-0.39, 0.29) is 11.5 Å². The molecule has 15 heavy (non-hydrogen) atoms. The first-order valence-electron chi connectivity index (χ1n) is 3.95. The van der Waals surface area contributed by atoms with Gasteiger partial charge in [0.25, 0.3) is 0 Å². The van der Waals surface area contributed by atoms with Crippen molar-refractivity contribution in [2.45, 2.75) is 12.6 Å². The van der Waals surface area contributed by atoms with Gasteiger partial charge in [-0.3, -0.25) is 4.79 Å². The van der Waals surface area contributed by atoms with E-state index in [2.05, 4.69) is 4.98 Å². The molecule has 3 N–H and O–H groups in total. The zero-order chi connectivity index (χ0) is 11.5. The van der Waals surface area contributed by atoms with Crippen LogP contribution in [0.1, 0.15) is 6.42 Å². The molecule has 0 saturated carbocycles. The van der Waals surface area contributed by atoms with Gasteiger partial charge in [-0.2, -0.15) is 13.2 Å². The molecule has 4 nitrogen and oxygen atoms in total. The van der Waals surface area contributed by atoms with Crippen molar-refractivity contribution in [1.82, 2.24) is 4.98 Å². The highest BCUT2D eigenvalue weighted by Gasteiger charge is 2.31. The Morgan fingerprint density at radius 2 is 2.13 bits per heavy atom. The van der Waals surface area contributed by atoms with Crippen LogP contribution in [0.25, 0.3) is 0 Å². The average molecular weight is 219 g/mol. The molecule has 0 radical (unpaired) electrons. The summed E-state index contributed by atoms with van der Waals surface area (Å²) >= 11 is 0. The number of hydrogen-bond donors (Lipinski definition) is 2. The highest BCUT2D eigenvalue weighted by atomic mass is 19.4. The third kappa shape index (κ3) is 4.30. The van der Waals surface area contributed by atoms with Crippen LogP contribution in [-0.4, -0.2) is 17.1 Å². The molecular formula is C8H8F3N3O. The van der Waals surface area contributed by atoms with Gasteiger partial charge >= 0.3 is 6.18 Å². The summed E-state index contributed by atoms with van der Waals surface area (Å²) < 4.78 is 35.3. The van der Waals surface area contributed by atoms with Crippen molar-refractivity contribution in [3.05, 3.63) is 18.3 Å². The van der Waals surface area contributed by atoms with Gasteiger partial charge in [0.15, 0.2) is 0 Å². The summed E-state index contributed by atoms with van der Waals surface area (Å²) in [6, 6.07) is 2.75. The molecule has 1 heterocycles. The summed E-state index contributed by atoms with van der Waals surface area (Å²) in [5.74, 6) is -0.905. The topological polar surface area (TPSA) is 68.0 Å². The van der Waals surface area contributed by atoms with Crippen molar-refractivity contribution in [2.75, 3.05) is 11.1 Å². The highest BCUT2D eigenvalue weighted by molar-refractivity contribution is 5.90. The van der Waals surface area contributed by atoms with E-state index in [0.29, 0.717) is 0 Å². The van der Waals surface area contributed by atoms with Gasteiger partial charge in [0.2, 0.25) is 5.91 Å². The molecule has 0 fully saturated rings. The summed E-state index contributed by atoms with van der Waals surface area (Å²) in [7, 11) is 0. The van der Waals surface area contributed by atoms with E-state index in [9.17, 15) is 18.0 Å². The second-order valence-electron chi connectivity index (χ2n) is 2.81. The van der Waals surface area contributed by atoms with Gasteiger partial charge < -0.3 is 11.1 Å². The average Bonchev–Trinajstić information content (AvgIpc) is 2.05. The number of carbonyl (C=O) groups is 1. The van der Waals surface area contributed by atoms with Crippen LogP contribution < -0.4 is 11.1 Å². The van der Waals surface area contributed by atoms with Gasteiger partial charge in [-0.1, -0.05) is 0 Å². The first-order valence-corrected chi connectivity index (χ1v) is 3.95. The first kappa shape index (κ1) is 11.3. The van der Waals surface area contributed by atoms with Crippen LogP contribution in [0.15, 0.2) is 18.3 Å². The van der Waals surface area contributed by atoms with Crippen LogP contribution in [-0.2, 0) is 4.79 Å². The van der Waals surface area contributed by atoms with Crippen LogP contribution in [0.3, 0.4) is 0 Å². The molecule has 7 heteroatoms. The van der Waals surface area contributed by atoms with E-state index in [1.54, 1.807) is 0 Å². The molecule has 1 rings (SSSR count). The number of amides is 1. The molecule has 0 atom stereocenters. The van der Waals surface area contributed by atoms with Gasteiger partial charge in [-0.05, 0) is 12.1 Å². The summed E-state index contributed by atoms with van der Waals surface area (Å²) in [5.41, 5.74) is 5.43. The van der Waals surface area contributed by atoms with E-state index in [0.717, 1.165) is 0 Å². The molecule has 0 spiro atoms. The van der Waals surface area contributed by atoms with Gasteiger partial charge in [-0.15, -0.1) is 0 Å². The van der Waals surface area contributed by atoms with Crippen LogP contribution >= 0.6 is 0 Å². The van der Waals surface area contributed by atoms with Crippen LogP contribution in [0, 0.1) is 0 Å². The fraction of sp³-hybridized carbons (Fsp3) is 0.250. The lowest BCUT2D eigenvalue weighted by atomic mass is 10.3. The Morgan fingerprint density at radius 1 is 1.47 bits per heavy atom. The van der Waals surface area contributed by atoms with Crippen molar-refractivity contribution in [3.63, 3.8) is 0 Å². The predicted molar refractivity (Wildman–Crippen MR) is 48.0 cm³/mol. The highest BCUT2D eigenvalue weighted by Crippen LogP contribution is 2.20. The zero-order valence-corrected chi connectivity index (χ0v) is 7.51. The lowest BCUT2D eigenvalue weighted by molar-refractivity contribution is -0.150. The minimum Gasteiger partial charge on any atom is -0.384 e. The van der Waals surface area contributed by atoms with E-state index in [1.807, 2.05) is 5.32 Å². The number of nitrogens with one attached hydrogen (secondary N) is 1. The van der Waals surface area contributed by atoms with Gasteiger partial charge in [0.05, 0.1) is 11.9 Å². The number of nitrogens with two attached hydrogens (primary N) is 1. The molecule has 0 aliphatic heterocycles. The molecule has 0 unspecified atom stereocenters. The Morgan fingerprint density at radius 3 is 2.60 bits per heavy atom. The SMILES string of the molecule is Nc1ccc(NC(=O)CC(F)(F)F)cn1. The zero-order valence-electron chi connectivity index (χ0n) is 7.51. The number of pyridine rings is 1. The number of hydrogen-bond acceptors (Lipinski definition) is 3. The number of nitrogen functional groups attached to an aromatic ring is 1. The van der Waals surface area contributed by atoms with Crippen molar-refractivity contribution >= 4 is 17.4 Å². The largest absolute Gasteiger partial charge is 0.397 e. The minimum atomic E-state index is -4.51. The van der Waals surface area contributed by atoms with E-state index >= 15 is 0 Å². The number of rotatable bonds is 2. The summed E-state index contributed by atoms with van der Waals surface area (Å²) in [6.07, 6.45) is -4.84. The molecule has 0 saturated heterocycles. The van der Waals surface area contributed by atoms with Gasteiger partial charge in [0.1, 0.15) is 12.2 Å². The minimum absolute atomic E-state index is 0.179. The summed E-state index contributed by atoms with van der Waals surface area (Å²) in [6.45, 7) is 0. The maximum atomic E-state index is 11.8. The Kier molecular flexibility index (Phi) is 3.13. The molecule has 1 aromatic heterocycles. The molecule has 0 aromatic carbocycles. The Balaban J connectivity index is 2.55. The molecule has 0 aliphatic carbocycles. The van der Waals surface area contributed by atoms with Crippen LogP contribution in [0.5, 0.6) is 0 Å². The monoisotopic (exact) mass is 219 g/mol. The molecule has 82 valence electrons. The third-order valence-corrected chi connectivity index (χ3v) is 1.43. The van der Waals surface area contributed by atoms with Crippen molar-refractivity contribution in [2.24, 2.45) is 0 Å². The summed E-state index contributed by atoms with van der Waals surface area (Å²) in [4.78, 5) is 14.4. The molecule has 0 bridgehead atoms. The van der Waals surface area contributed by atoms with E-state index < -0.39 is 18.5 Å². The second-order valence-corrected chi connectivity index (χ2v) is 2.81. The number of carbonyl (C=O) groups excluding carboxylic acids is 1. The molecule has 1 aromatic rings. The number of alkyl halides is 3. The van der Waals surface area contributed by atoms with Crippen molar-refractivity contribution < 1.29 is 18.0 Å². The van der Waals surface area contributed by atoms with E-state index in [1.165, 1.54) is 18.3 Å². The first-order chi connectivity index (χ1) is 6.87. The number of aromatic nitrogens is 1. The van der Waals surface area contributed by atoms with Gasteiger partial charge in [-0.25, -0.2) is 4.98 Å². The predicted octanol–water partition coefficient (Wildman–Crippen LogP) is 1.55. The maximum Gasteiger partial charge on any atom is 0.397 e. The normalized spacial score (nSPS) is 11.1. The molecule has 1 amide bonds. The van der Waals surface area contributed by atoms with E-state index in [4.69, 9.17) is 5.73 Å². The quantitative estimate of drug-likeness (QED) is 0.792. The Bertz CT molecular complexity index is 347. The number of nitrogens with zero attached hydrogens (tertiary/aromatic N) is 1. The smallest absolute Gasteiger partial charge is 0.384 e. The lowest BCUT2D eigenvalue weighted by Crippen LogP contribution is -2.21. The molecular weight excluding hydrogens is 211 g/mol. The summed E-state index contributed by atoms with van der Waals surface area (Å²) in [5, 5.41) is 2.05. The Hall–Kier alpha value is -1.79. The van der Waals surface area contributed by atoms with Crippen LogP contribution in [0.2, 0.25) is 0 Å². The Labute approximate surface area is 83.3 Å². The fourth-order valence-corrected chi connectivity index (χ4v) is 0.866. The number of halogens is 3. The van der Waals surface area contributed by atoms with Crippen LogP contribution in [0.4, 0.5) is 24.7 Å². The second kappa shape index (κ2) is 4.16. The molecule has 0 aliphatic rings. The fourth-order valence-electron chi connectivity index (χ4n) is 0.866. The number of anilines is 2.